The molecule has 0 spiro atoms. The first-order valence-electron chi connectivity index (χ1n) is 7.65. The maximum atomic E-state index is 10.0. The van der Waals surface area contributed by atoms with Crippen molar-refractivity contribution >= 4 is 11.6 Å². The topological polar surface area (TPSA) is 35.5 Å². The molecule has 0 amide bonds. The number of nitrogens with one attached hydrogen (secondary N) is 1. The molecule has 0 radical (unpaired) electrons. The largest absolute Gasteiger partial charge is 0.508 e. The van der Waals surface area contributed by atoms with Gasteiger partial charge in [-0.1, -0.05) is 17.7 Å². The van der Waals surface area contributed by atoms with Crippen LogP contribution in [0, 0.1) is 5.92 Å². The van der Waals surface area contributed by atoms with Crippen LogP contribution < -0.4 is 5.32 Å². The summed E-state index contributed by atoms with van der Waals surface area (Å²) in [5, 5.41) is 14.1. The third kappa shape index (κ3) is 3.46. The van der Waals surface area contributed by atoms with Gasteiger partial charge in [0.15, 0.2) is 0 Å². The average molecular weight is 295 g/mol. The summed E-state index contributed by atoms with van der Waals surface area (Å²) in [4.78, 5) is 2.52. The van der Waals surface area contributed by atoms with E-state index in [4.69, 9.17) is 11.6 Å². The number of phenols is 1. The Kier molecular flexibility index (Phi) is 4.49. The number of phenolic OH excluding ortho intramolecular Hbond substituents is 1. The Morgan fingerprint density at radius 3 is 2.60 bits per heavy atom. The van der Waals surface area contributed by atoms with Crippen molar-refractivity contribution in [3.05, 3.63) is 28.8 Å². The minimum Gasteiger partial charge on any atom is -0.508 e. The lowest BCUT2D eigenvalue weighted by Crippen LogP contribution is -2.37. The van der Waals surface area contributed by atoms with E-state index < -0.39 is 0 Å². The van der Waals surface area contributed by atoms with Crippen LogP contribution in [0.3, 0.4) is 0 Å². The van der Waals surface area contributed by atoms with Crippen LogP contribution in [0.15, 0.2) is 18.2 Å². The van der Waals surface area contributed by atoms with Gasteiger partial charge >= 0.3 is 0 Å². The lowest BCUT2D eigenvalue weighted by molar-refractivity contribution is 0.188. The molecule has 1 aliphatic carbocycles. The number of halogens is 1. The second-order valence-electron chi connectivity index (χ2n) is 6.09. The van der Waals surface area contributed by atoms with E-state index in [2.05, 4.69) is 10.2 Å². The fourth-order valence-corrected chi connectivity index (χ4v) is 3.31. The maximum absolute atomic E-state index is 10.0. The van der Waals surface area contributed by atoms with E-state index in [-0.39, 0.29) is 0 Å². The molecule has 4 heteroatoms. The van der Waals surface area contributed by atoms with E-state index in [1.165, 1.54) is 25.7 Å². The summed E-state index contributed by atoms with van der Waals surface area (Å²) >= 11 is 6.24. The lowest BCUT2D eigenvalue weighted by atomic mass is 9.97. The molecule has 1 aromatic carbocycles. The molecule has 3 rings (SSSR count). The van der Waals surface area contributed by atoms with Crippen molar-refractivity contribution in [1.29, 1.82) is 0 Å². The maximum Gasteiger partial charge on any atom is 0.121 e. The SMILES string of the molecule is Oc1cccc(Cl)c1CN(CC1CCNCC1)C1CC1. The van der Waals surface area contributed by atoms with Crippen molar-refractivity contribution in [1.82, 2.24) is 10.2 Å². The third-order valence-electron chi connectivity index (χ3n) is 4.47. The van der Waals surface area contributed by atoms with Crippen LogP contribution in [0.1, 0.15) is 31.2 Å². The van der Waals surface area contributed by atoms with Gasteiger partial charge in [0.2, 0.25) is 0 Å². The molecule has 3 nitrogen and oxygen atoms in total. The fraction of sp³-hybridized carbons (Fsp3) is 0.625. The van der Waals surface area contributed by atoms with Gasteiger partial charge in [0.1, 0.15) is 5.75 Å². The Morgan fingerprint density at radius 2 is 1.95 bits per heavy atom. The van der Waals surface area contributed by atoms with Gasteiger partial charge in [0.25, 0.3) is 0 Å². The van der Waals surface area contributed by atoms with Crippen LogP contribution in [-0.2, 0) is 6.54 Å². The van der Waals surface area contributed by atoms with Gasteiger partial charge in [0, 0.05) is 29.7 Å². The summed E-state index contributed by atoms with van der Waals surface area (Å²) in [6, 6.07) is 6.10. The van der Waals surface area contributed by atoms with Crippen LogP contribution in [-0.4, -0.2) is 35.7 Å². The molecule has 110 valence electrons. The summed E-state index contributed by atoms with van der Waals surface area (Å²) in [7, 11) is 0. The molecule has 1 saturated carbocycles. The Bertz CT molecular complexity index is 436. The molecule has 1 aliphatic heterocycles. The van der Waals surface area contributed by atoms with Gasteiger partial charge in [-0.15, -0.1) is 0 Å². The summed E-state index contributed by atoms with van der Waals surface area (Å²) in [5.74, 6) is 1.11. The normalized spacial score (nSPS) is 20.5. The molecule has 20 heavy (non-hydrogen) atoms. The van der Waals surface area contributed by atoms with Gasteiger partial charge in [0.05, 0.1) is 0 Å². The molecular formula is C16H23ClN2O. The summed E-state index contributed by atoms with van der Waals surface area (Å²) in [6.45, 7) is 4.19. The highest BCUT2D eigenvalue weighted by Crippen LogP contribution is 2.34. The average Bonchev–Trinajstić information content (AvgIpc) is 3.27. The molecular weight excluding hydrogens is 272 g/mol. The zero-order chi connectivity index (χ0) is 13.9. The molecule has 0 aromatic heterocycles. The first-order valence-corrected chi connectivity index (χ1v) is 8.03. The number of piperidine rings is 1. The van der Waals surface area contributed by atoms with Crippen molar-refractivity contribution in [2.24, 2.45) is 5.92 Å². The van der Waals surface area contributed by atoms with E-state index in [0.29, 0.717) is 16.8 Å². The molecule has 0 bridgehead atoms. The highest BCUT2D eigenvalue weighted by Gasteiger charge is 2.31. The summed E-state index contributed by atoms with van der Waals surface area (Å²) < 4.78 is 0. The van der Waals surface area contributed by atoms with Gasteiger partial charge in [-0.2, -0.15) is 0 Å². The number of nitrogens with zero attached hydrogens (tertiary/aromatic N) is 1. The minimum atomic E-state index is 0.327. The van der Waals surface area contributed by atoms with Gasteiger partial charge in [-0.3, -0.25) is 4.90 Å². The second-order valence-corrected chi connectivity index (χ2v) is 6.50. The minimum absolute atomic E-state index is 0.327. The Hall–Kier alpha value is -0.770. The van der Waals surface area contributed by atoms with E-state index in [9.17, 15) is 5.11 Å². The summed E-state index contributed by atoms with van der Waals surface area (Å²) in [5.41, 5.74) is 0.884. The summed E-state index contributed by atoms with van der Waals surface area (Å²) in [6.07, 6.45) is 5.10. The van der Waals surface area contributed by atoms with Gasteiger partial charge < -0.3 is 10.4 Å². The van der Waals surface area contributed by atoms with Crippen LogP contribution in [0.25, 0.3) is 0 Å². The number of benzene rings is 1. The first kappa shape index (κ1) is 14.2. The van der Waals surface area contributed by atoms with E-state index in [0.717, 1.165) is 37.7 Å². The molecule has 2 N–H and O–H groups in total. The van der Waals surface area contributed by atoms with Crippen molar-refractivity contribution < 1.29 is 5.11 Å². The number of rotatable bonds is 5. The zero-order valence-corrected chi connectivity index (χ0v) is 12.6. The first-order chi connectivity index (χ1) is 9.74. The van der Waals surface area contributed by atoms with Crippen molar-refractivity contribution in [3.8, 4) is 5.75 Å². The highest BCUT2D eigenvalue weighted by atomic mass is 35.5. The number of hydrogen-bond donors (Lipinski definition) is 2. The number of hydrogen-bond acceptors (Lipinski definition) is 3. The predicted molar refractivity (Wildman–Crippen MR) is 82.1 cm³/mol. The lowest BCUT2D eigenvalue weighted by Gasteiger charge is -2.30. The smallest absolute Gasteiger partial charge is 0.121 e. The Labute approximate surface area is 125 Å². The number of aromatic hydroxyl groups is 1. The Balaban J connectivity index is 1.68. The highest BCUT2D eigenvalue weighted by molar-refractivity contribution is 6.31. The zero-order valence-electron chi connectivity index (χ0n) is 11.8. The molecule has 2 fully saturated rings. The van der Waals surface area contributed by atoms with Crippen molar-refractivity contribution in [2.45, 2.75) is 38.3 Å². The van der Waals surface area contributed by atoms with Crippen molar-refractivity contribution in [3.63, 3.8) is 0 Å². The monoisotopic (exact) mass is 294 g/mol. The predicted octanol–water partition coefficient (Wildman–Crippen LogP) is 3.01. The van der Waals surface area contributed by atoms with Gasteiger partial charge in [-0.05, 0) is 56.8 Å². The fourth-order valence-electron chi connectivity index (χ4n) is 3.09. The van der Waals surface area contributed by atoms with Crippen LogP contribution in [0.4, 0.5) is 0 Å². The van der Waals surface area contributed by atoms with Crippen LogP contribution in [0.2, 0.25) is 5.02 Å². The molecule has 1 aromatic rings. The van der Waals surface area contributed by atoms with Crippen LogP contribution in [0.5, 0.6) is 5.75 Å². The van der Waals surface area contributed by atoms with E-state index >= 15 is 0 Å². The molecule has 2 aliphatic rings. The molecule has 1 heterocycles. The van der Waals surface area contributed by atoms with E-state index in [1.54, 1.807) is 12.1 Å². The van der Waals surface area contributed by atoms with E-state index in [1.807, 2.05) is 6.07 Å². The standard InChI is InChI=1S/C16H23ClN2O/c17-15-2-1-3-16(20)14(15)11-19(13-4-5-13)10-12-6-8-18-9-7-12/h1-3,12-13,18,20H,4-11H2. The van der Waals surface area contributed by atoms with Crippen LogP contribution >= 0.6 is 11.6 Å². The molecule has 1 saturated heterocycles. The Morgan fingerprint density at radius 1 is 1.20 bits per heavy atom. The van der Waals surface area contributed by atoms with Crippen molar-refractivity contribution in [2.75, 3.05) is 19.6 Å². The molecule has 0 atom stereocenters. The third-order valence-corrected chi connectivity index (χ3v) is 4.82. The second kappa shape index (κ2) is 6.33. The van der Waals surface area contributed by atoms with Gasteiger partial charge in [-0.25, -0.2) is 0 Å². The quantitative estimate of drug-likeness (QED) is 0.876. The molecule has 0 unspecified atom stereocenters.